The summed E-state index contributed by atoms with van der Waals surface area (Å²) in [6.45, 7) is 7.96. The number of aryl methyl sites for hydroxylation is 1. The number of anilines is 1. The summed E-state index contributed by atoms with van der Waals surface area (Å²) < 4.78 is 8.23. The highest BCUT2D eigenvalue weighted by Gasteiger charge is 2.29. The van der Waals surface area contributed by atoms with Gasteiger partial charge in [-0.25, -0.2) is 9.48 Å². The van der Waals surface area contributed by atoms with Crippen molar-refractivity contribution in [1.82, 2.24) is 14.7 Å². The minimum Gasteiger partial charge on any atom is -0.491 e. The van der Waals surface area contributed by atoms with Gasteiger partial charge in [-0.15, -0.1) is 0 Å². The number of aromatic nitrogens is 2. The second kappa shape index (κ2) is 11.7. The maximum absolute atomic E-state index is 13.3. The molecule has 0 saturated carbocycles. The maximum Gasteiger partial charge on any atom is 0.316 e. The highest BCUT2D eigenvalue weighted by Crippen LogP contribution is 2.37. The van der Waals surface area contributed by atoms with Gasteiger partial charge in [-0.2, -0.15) is 5.10 Å². The normalized spacial score (nSPS) is 12.8. The molecule has 1 aliphatic heterocycles. The van der Waals surface area contributed by atoms with Crippen molar-refractivity contribution in [3.8, 4) is 22.7 Å². The van der Waals surface area contributed by atoms with E-state index in [1.165, 1.54) is 0 Å². The molecule has 3 N–H and O–H groups in total. The van der Waals surface area contributed by atoms with Crippen LogP contribution in [0, 0.1) is 12.8 Å². The van der Waals surface area contributed by atoms with E-state index in [1.54, 1.807) is 0 Å². The van der Waals surface area contributed by atoms with Crippen molar-refractivity contribution in [3.63, 3.8) is 0 Å². The van der Waals surface area contributed by atoms with Crippen molar-refractivity contribution in [1.29, 1.82) is 0 Å². The average molecular weight is 538 g/mol. The van der Waals surface area contributed by atoms with Gasteiger partial charge >= 0.3 is 6.03 Å². The van der Waals surface area contributed by atoms with E-state index >= 15 is 0 Å². The number of fused-ring (bicyclic) bond motifs is 1. The largest absolute Gasteiger partial charge is 0.491 e. The van der Waals surface area contributed by atoms with Gasteiger partial charge in [-0.3, -0.25) is 4.79 Å². The van der Waals surface area contributed by atoms with Gasteiger partial charge in [-0.1, -0.05) is 68.4 Å². The molecule has 1 aliphatic rings. The number of carbonyl (C=O) groups excluding carboxylic acids is 2. The van der Waals surface area contributed by atoms with Crippen LogP contribution in [0.25, 0.3) is 16.9 Å². The Bertz CT molecular complexity index is 1510. The molecule has 40 heavy (non-hydrogen) atoms. The standard InChI is InChI=1S/C32H35N5O3/c1-21(2)20-40-28-11-7-8-22(3)30(28)37-31(24-12-14-25(15-13-24)34-32(33)39)26-19-36(17-16-27(26)35-37)29(38)18-23-9-5-4-6-10-23/h4-15,21H,16-20H2,1-3H3,(H3,33,34,39). The van der Waals surface area contributed by atoms with Crippen molar-refractivity contribution in [2.75, 3.05) is 18.5 Å². The SMILES string of the molecule is Cc1cccc(OCC(C)C)c1-n1nc2c(c1-c1ccc(NC(N)=O)cc1)CN(C(=O)Cc1ccccc1)CC2. The lowest BCUT2D eigenvalue weighted by atomic mass is 9.99. The molecule has 0 aliphatic carbocycles. The molecule has 0 atom stereocenters. The summed E-state index contributed by atoms with van der Waals surface area (Å²) in [5.74, 6) is 1.22. The van der Waals surface area contributed by atoms with Crippen molar-refractivity contribution < 1.29 is 14.3 Å². The van der Waals surface area contributed by atoms with Crippen molar-refractivity contribution in [3.05, 3.63) is 95.2 Å². The molecule has 8 heteroatoms. The van der Waals surface area contributed by atoms with Crippen LogP contribution in [-0.4, -0.2) is 39.8 Å². The summed E-state index contributed by atoms with van der Waals surface area (Å²) >= 11 is 0. The summed E-state index contributed by atoms with van der Waals surface area (Å²) in [4.78, 5) is 26.6. The van der Waals surface area contributed by atoms with Gasteiger partial charge in [0.25, 0.3) is 0 Å². The molecule has 3 aromatic carbocycles. The van der Waals surface area contributed by atoms with Crippen molar-refractivity contribution in [2.24, 2.45) is 11.7 Å². The van der Waals surface area contributed by atoms with E-state index in [-0.39, 0.29) is 5.91 Å². The van der Waals surface area contributed by atoms with Crippen LogP contribution in [-0.2, 0) is 24.2 Å². The second-order valence-corrected chi connectivity index (χ2v) is 10.6. The Labute approximate surface area is 234 Å². The number of ether oxygens (including phenoxy) is 1. The van der Waals surface area contributed by atoms with E-state index in [1.807, 2.05) is 76.3 Å². The number of amides is 3. The second-order valence-electron chi connectivity index (χ2n) is 10.6. The zero-order chi connectivity index (χ0) is 28.2. The number of hydrogen-bond acceptors (Lipinski definition) is 4. The van der Waals surface area contributed by atoms with E-state index in [2.05, 4.69) is 32.2 Å². The Kier molecular flexibility index (Phi) is 7.86. The summed E-state index contributed by atoms with van der Waals surface area (Å²) in [6, 6.07) is 22.8. The van der Waals surface area contributed by atoms with Gasteiger partial charge < -0.3 is 20.7 Å². The number of nitrogens with two attached hydrogens (primary N) is 1. The van der Waals surface area contributed by atoms with Crippen molar-refractivity contribution >= 4 is 17.6 Å². The Balaban J connectivity index is 1.58. The number of benzene rings is 3. The minimum atomic E-state index is -0.616. The highest BCUT2D eigenvalue weighted by atomic mass is 16.5. The van der Waals surface area contributed by atoms with Crippen LogP contribution >= 0.6 is 0 Å². The van der Waals surface area contributed by atoms with Gasteiger partial charge in [0.15, 0.2) is 0 Å². The molecule has 0 radical (unpaired) electrons. The third-order valence-corrected chi connectivity index (χ3v) is 7.00. The lowest BCUT2D eigenvalue weighted by Crippen LogP contribution is -2.36. The molecule has 8 nitrogen and oxygen atoms in total. The summed E-state index contributed by atoms with van der Waals surface area (Å²) in [5, 5.41) is 7.72. The number of nitrogens with zero attached hydrogens (tertiary/aromatic N) is 3. The first-order valence-electron chi connectivity index (χ1n) is 13.6. The molecular weight excluding hydrogens is 502 g/mol. The lowest BCUT2D eigenvalue weighted by Gasteiger charge is -2.27. The molecule has 0 spiro atoms. The Morgan fingerprint density at radius 1 is 1.02 bits per heavy atom. The summed E-state index contributed by atoms with van der Waals surface area (Å²) in [7, 11) is 0. The number of primary amides is 1. The quantitative estimate of drug-likeness (QED) is 0.310. The van der Waals surface area contributed by atoms with Crippen LogP contribution in [0.15, 0.2) is 72.8 Å². The number of nitrogens with one attached hydrogen (secondary N) is 1. The van der Waals surface area contributed by atoms with Crippen LogP contribution in [0.1, 0.15) is 36.2 Å². The maximum atomic E-state index is 13.3. The van der Waals surface area contributed by atoms with E-state index in [4.69, 9.17) is 15.6 Å². The van der Waals surface area contributed by atoms with Gasteiger partial charge in [0.05, 0.1) is 24.4 Å². The van der Waals surface area contributed by atoms with Crippen LogP contribution in [0.3, 0.4) is 0 Å². The summed E-state index contributed by atoms with van der Waals surface area (Å²) in [5.41, 5.74) is 12.6. The van der Waals surface area contributed by atoms with E-state index in [0.717, 1.165) is 45.1 Å². The predicted octanol–water partition coefficient (Wildman–Crippen LogP) is 5.50. The first-order chi connectivity index (χ1) is 19.3. The Morgan fingerprint density at radius 3 is 2.48 bits per heavy atom. The summed E-state index contributed by atoms with van der Waals surface area (Å²) in [6.07, 6.45) is 1.02. The fourth-order valence-corrected chi connectivity index (χ4v) is 5.06. The van der Waals surface area contributed by atoms with E-state index in [9.17, 15) is 9.59 Å². The first-order valence-corrected chi connectivity index (χ1v) is 13.6. The van der Waals surface area contributed by atoms with Crippen LogP contribution in [0.5, 0.6) is 5.75 Å². The fourth-order valence-electron chi connectivity index (χ4n) is 5.06. The first kappa shape index (κ1) is 27.0. The molecule has 0 bridgehead atoms. The topological polar surface area (TPSA) is 102 Å². The molecule has 2 heterocycles. The van der Waals surface area contributed by atoms with Crippen molar-refractivity contribution in [2.45, 2.75) is 40.2 Å². The van der Waals surface area contributed by atoms with Crippen LogP contribution in [0.4, 0.5) is 10.5 Å². The molecule has 3 amide bonds. The lowest BCUT2D eigenvalue weighted by molar-refractivity contribution is -0.131. The number of para-hydroxylation sites is 1. The smallest absolute Gasteiger partial charge is 0.316 e. The highest BCUT2D eigenvalue weighted by molar-refractivity contribution is 5.88. The Hall–Kier alpha value is -4.59. The molecule has 4 aromatic rings. The van der Waals surface area contributed by atoms with E-state index < -0.39 is 6.03 Å². The average Bonchev–Trinajstić information content (AvgIpc) is 3.30. The van der Waals surface area contributed by atoms with Crippen LogP contribution in [0.2, 0.25) is 0 Å². The molecular formula is C32H35N5O3. The molecule has 0 fully saturated rings. The monoisotopic (exact) mass is 537 g/mol. The number of carbonyl (C=O) groups is 2. The Morgan fingerprint density at radius 2 is 1.77 bits per heavy atom. The molecule has 1 aromatic heterocycles. The number of hydrogen-bond donors (Lipinski definition) is 2. The zero-order valence-corrected chi connectivity index (χ0v) is 23.2. The van der Waals surface area contributed by atoms with Gasteiger partial charge in [0.1, 0.15) is 11.4 Å². The molecule has 0 unspecified atom stereocenters. The van der Waals surface area contributed by atoms with E-state index in [0.29, 0.717) is 44.1 Å². The van der Waals surface area contributed by atoms with Gasteiger partial charge in [0.2, 0.25) is 5.91 Å². The molecule has 0 saturated heterocycles. The van der Waals surface area contributed by atoms with Gasteiger partial charge in [0, 0.05) is 36.3 Å². The van der Waals surface area contributed by atoms with Crippen LogP contribution < -0.4 is 15.8 Å². The number of urea groups is 1. The minimum absolute atomic E-state index is 0.0911. The van der Waals surface area contributed by atoms with Gasteiger partial charge in [-0.05, 0) is 42.2 Å². The third-order valence-electron chi connectivity index (χ3n) is 7.00. The number of rotatable bonds is 8. The predicted molar refractivity (Wildman–Crippen MR) is 157 cm³/mol. The zero-order valence-electron chi connectivity index (χ0n) is 23.2. The molecule has 5 rings (SSSR count). The third kappa shape index (κ3) is 5.86. The molecule has 206 valence electrons. The fraction of sp³-hybridized carbons (Fsp3) is 0.281.